The molecule has 1 saturated carbocycles. The van der Waals surface area contributed by atoms with Gasteiger partial charge < -0.3 is 5.32 Å². The lowest BCUT2D eigenvalue weighted by molar-refractivity contribution is 0.300. The predicted octanol–water partition coefficient (Wildman–Crippen LogP) is 3.36. The van der Waals surface area contributed by atoms with E-state index >= 15 is 0 Å². The Morgan fingerprint density at radius 2 is 2.13 bits per heavy atom. The van der Waals surface area contributed by atoms with Crippen molar-refractivity contribution in [2.45, 2.75) is 24.8 Å². The first-order chi connectivity index (χ1) is 7.31. The van der Waals surface area contributed by atoms with E-state index in [0.717, 1.165) is 11.6 Å². The highest BCUT2D eigenvalue weighted by Gasteiger charge is 2.30. The molecule has 0 atom stereocenters. The van der Waals surface area contributed by atoms with E-state index in [1.165, 1.54) is 18.4 Å². The first kappa shape index (κ1) is 10.7. The zero-order valence-corrected chi connectivity index (χ0v) is 9.50. The van der Waals surface area contributed by atoms with E-state index in [9.17, 15) is 0 Å². The monoisotopic (exact) mass is 221 g/mol. The Morgan fingerprint density at radius 1 is 1.40 bits per heavy atom. The van der Waals surface area contributed by atoms with Gasteiger partial charge in [-0.25, -0.2) is 0 Å². The number of rotatable bonds is 4. The van der Waals surface area contributed by atoms with Crippen LogP contribution in [-0.2, 0) is 0 Å². The van der Waals surface area contributed by atoms with E-state index in [0.29, 0.717) is 12.0 Å². The molecule has 2 heteroatoms. The van der Waals surface area contributed by atoms with E-state index in [1.807, 2.05) is 18.2 Å². The molecule has 0 bridgehead atoms. The number of hydrogen-bond donors (Lipinski definition) is 1. The van der Waals surface area contributed by atoms with Crippen LogP contribution >= 0.6 is 11.6 Å². The molecule has 1 aliphatic carbocycles. The average Bonchev–Trinajstić information content (AvgIpc) is 2.18. The quantitative estimate of drug-likeness (QED) is 0.769. The van der Waals surface area contributed by atoms with Gasteiger partial charge in [-0.05, 0) is 30.4 Å². The second-order valence-electron chi connectivity index (χ2n) is 4.08. The van der Waals surface area contributed by atoms with Gasteiger partial charge in [0.1, 0.15) is 0 Å². The minimum Gasteiger partial charge on any atom is -0.310 e. The number of hydrogen-bond acceptors (Lipinski definition) is 1. The molecular formula is C13H16ClN. The lowest BCUT2D eigenvalue weighted by Gasteiger charge is -2.36. The summed E-state index contributed by atoms with van der Waals surface area (Å²) in [7, 11) is 0. The summed E-state index contributed by atoms with van der Waals surface area (Å²) in [5.41, 5.74) is 1.30. The highest BCUT2D eigenvalue weighted by atomic mass is 35.5. The van der Waals surface area contributed by atoms with Crippen LogP contribution in [0.15, 0.2) is 36.9 Å². The molecular weight excluding hydrogens is 206 g/mol. The number of nitrogens with one attached hydrogen (secondary N) is 1. The topological polar surface area (TPSA) is 12.0 Å². The van der Waals surface area contributed by atoms with E-state index in [1.54, 1.807) is 0 Å². The van der Waals surface area contributed by atoms with Crippen LogP contribution in [0.4, 0.5) is 0 Å². The maximum Gasteiger partial charge on any atom is 0.0440 e. The first-order valence-corrected chi connectivity index (χ1v) is 5.77. The standard InChI is InChI=1S/C13H16ClN/c1-2-7-15-11-8-10(9-11)12-5-3-4-6-13(12)14/h2-6,10-11,15H,1,7-9H2. The van der Waals surface area contributed by atoms with Crippen LogP contribution in [0.5, 0.6) is 0 Å². The van der Waals surface area contributed by atoms with Crippen molar-refractivity contribution in [3.8, 4) is 0 Å². The van der Waals surface area contributed by atoms with Crippen molar-refractivity contribution in [3.63, 3.8) is 0 Å². The molecule has 15 heavy (non-hydrogen) atoms. The smallest absolute Gasteiger partial charge is 0.0440 e. The van der Waals surface area contributed by atoms with E-state index in [-0.39, 0.29) is 0 Å². The molecule has 0 unspecified atom stereocenters. The fourth-order valence-electron chi connectivity index (χ4n) is 2.09. The molecule has 0 spiro atoms. The summed E-state index contributed by atoms with van der Waals surface area (Å²) in [6, 6.07) is 8.80. The van der Waals surface area contributed by atoms with Gasteiger partial charge in [0.15, 0.2) is 0 Å². The highest BCUT2D eigenvalue weighted by molar-refractivity contribution is 6.31. The van der Waals surface area contributed by atoms with Gasteiger partial charge in [-0.15, -0.1) is 6.58 Å². The van der Waals surface area contributed by atoms with Crippen LogP contribution in [0, 0.1) is 0 Å². The van der Waals surface area contributed by atoms with Crippen molar-refractivity contribution >= 4 is 11.6 Å². The molecule has 0 aliphatic heterocycles. The van der Waals surface area contributed by atoms with Crippen LogP contribution in [0.2, 0.25) is 5.02 Å². The molecule has 0 saturated heterocycles. The molecule has 1 aromatic carbocycles. The molecule has 2 rings (SSSR count). The van der Waals surface area contributed by atoms with Gasteiger partial charge in [-0.1, -0.05) is 35.9 Å². The lowest BCUT2D eigenvalue weighted by Crippen LogP contribution is -2.40. The molecule has 0 aromatic heterocycles. The normalized spacial score (nSPS) is 24.6. The van der Waals surface area contributed by atoms with Crippen molar-refractivity contribution in [1.82, 2.24) is 5.32 Å². The fraction of sp³-hybridized carbons (Fsp3) is 0.385. The molecule has 80 valence electrons. The summed E-state index contributed by atoms with van der Waals surface area (Å²) < 4.78 is 0. The summed E-state index contributed by atoms with van der Waals surface area (Å²) in [4.78, 5) is 0. The summed E-state index contributed by atoms with van der Waals surface area (Å²) >= 11 is 6.15. The van der Waals surface area contributed by atoms with E-state index in [4.69, 9.17) is 11.6 Å². The van der Waals surface area contributed by atoms with Gasteiger partial charge in [-0.2, -0.15) is 0 Å². The molecule has 1 aromatic rings. The minimum atomic E-state index is 0.640. The molecule has 1 aliphatic rings. The third-order valence-electron chi connectivity index (χ3n) is 3.03. The van der Waals surface area contributed by atoms with Gasteiger partial charge in [0.25, 0.3) is 0 Å². The zero-order chi connectivity index (χ0) is 10.7. The van der Waals surface area contributed by atoms with Gasteiger partial charge >= 0.3 is 0 Å². The van der Waals surface area contributed by atoms with Gasteiger partial charge in [0.05, 0.1) is 0 Å². The van der Waals surface area contributed by atoms with Crippen molar-refractivity contribution in [1.29, 1.82) is 0 Å². The SMILES string of the molecule is C=CCNC1CC(c2ccccc2Cl)C1. The molecule has 1 N–H and O–H groups in total. The average molecular weight is 222 g/mol. The molecule has 0 heterocycles. The number of benzene rings is 1. The van der Waals surface area contributed by atoms with Crippen LogP contribution in [0.3, 0.4) is 0 Å². The van der Waals surface area contributed by atoms with Gasteiger partial charge in [-0.3, -0.25) is 0 Å². The fourth-order valence-corrected chi connectivity index (χ4v) is 2.38. The Balaban J connectivity index is 1.89. The van der Waals surface area contributed by atoms with Crippen LogP contribution in [0.25, 0.3) is 0 Å². The first-order valence-electron chi connectivity index (χ1n) is 5.40. The second-order valence-corrected chi connectivity index (χ2v) is 4.49. The third kappa shape index (κ3) is 2.42. The van der Waals surface area contributed by atoms with Gasteiger partial charge in [0.2, 0.25) is 0 Å². The Kier molecular flexibility index (Phi) is 3.45. The van der Waals surface area contributed by atoms with Crippen LogP contribution in [0.1, 0.15) is 24.3 Å². The van der Waals surface area contributed by atoms with Gasteiger partial charge in [0, 0.05) is 17.6 Å². The Hall–Kier alpha value is -0.790. The van der Waals surface area contributed by atoms with Crippen molar-refractivity contribution in [2.75, 3.05) is 6.54 Å². The second kappa shape index (κ2) is 4.82. The Labute approximate surface area is 96.1 Å². The maximum absolute atomic E-state index is 6.15. The largest absolute Gasteiger partial charge is 0.310 e. The zero-order valence-electron chi connectivity index (χ0n) is 8.75. The highest BCUT2D eigenvalue weighted by Crippen LogP contribution is 2.39. The third-order valence-corrected chi connectivity index (χ3v) is 3.38. The predicted molar refractivity (Wildman–Crippen MR) is 65.4 cm³/mol. The molecule has 0 radical (unpaired) electrons. The van der Waals surface area contributed by atoms with E-state index in [2.05, 4.69) is 24.0 Å². The maximum atomic E-state index is 6.15. The number of halogens is 1. The lowest BCUT2D eigenvalue weighted by atomic mass is 9.76. The summed E-state index contributed by atoms with van der Waals surface area (Å²) in [6.45, 7) is 4.60. The van der Waals surface area contributed by atoms with Crippen LogP contribution in [-0.4, -0.2) is 12.6 Å². The van der Waals surface area contributed by atoms with Crippen molar-refractivity contribution < 1.29 is 0 Å². The van der Waals surface area contributed by atoms with Crippen LogP contribution < -0.4 is 5.32 Å². The Morgan fingerprint density at radius 3 is 2.80 bits per heavy atom. The summed E-state index contributed by atoms with van der Waals surface area (Å²) in [5.74, 6) is 0.640. The summed E-state index contributed by atoms with van der Waals surface area (Å²) in [6.07, 6.45) is 4.29. The Bertz CT molecular complexity index is 342. The summed E-state index contributed by atoms with van der Waals surface area (Å²) in [5, 5.41) is 4.33. The van der Waals surface area contributed by atoms with Crippen molar-refractivity contribution in [3.05, 3.63) is 47.5 Å². The minimum absolute atomic E-state index is 0.640. The molecule has 1 nitrogen and oxygen atoms in total. The van der Waals surface area contributed by atoms with E-state index < -0.39 is 0 Å². The molecule has 1 fully saturated rings. The molecule has 0 amide bonds. The van der Waals surface area contributed by atoms with Crippen molar-refractivity contribution in [2.24, 2.45) is 0 Å².